The number of benzene rings is 2. The van der Waals surface area contributed by atoms with Crippen LogP contribution in [-0.4, -0.2) is 38.0 Å². The summed E-state index contributed by atoms with van der Waals surface area (Å²) < 4.78 is 39.3. The van der Waals surface area contributed by atoms with Crippen molar-refractivity contribution in [3.63, 3.8) is 0 Å². The van der Waals surface area contributed by atoms with Crippen molar-refractivity contribution in [3.8, 4) is 11.6 Å². The minimum absolute atomic E-state index is 0.0147. The van der Waals surface area contributed by atoms with Gasteiger partial charge in [-0.25, -0.2) is 18.4 Å². The Hall–Kier alpha value is -3.18. The van der Waals surface area contributed by atoms with Gasteiger partial charge in [0.25, 0.3) is 21.8 Å². The number of anilines is 2. The zero-order chi connectivity index (χ0) is 24.9. The molecule has 0 aliphatic heterocycles. The predicted molar refractivity (Wildman–Crippen MR) is 133 cm³/mol. The quantitative estimate of drug-likeness (QED) is 0.429. The highest BCUT2D eigenvalue weighted by Gasteiger charge is 2.21. The molecule has 1 aromatic heterocycles. The lowest BCUT2D eigenvalue weighted by Crippen LogP contribution is -2.22. The Balaban J connectivity index is 1.64. The summed E-state index contributed by atoms with van der Waals surface area (Å²) in [6.45, 7) is 5.99. The number of methoxy groups -OCH3 is 1. The number of carbonyl (C=O) groups is 1. The molecule has 3 aromatic rings. The first-order chi connectivity index (χ1) is 16.0. The number of sulfonamides is 1. The van der Waals surface area contributed by atoms with Gasteiger partial charge in [-0.2, -0.15) is 0 Å². The molecular formula is C23H25BrN4O5S. The smallest absolute Gasteiger partial charge is 0.263 e. The van der Waals surface area contributed by atoms with E-state index in [1.165, 1.54) is 43.8 Å². The number of hydrogen-bond acceptors (Lipinski definition) is 7. The molecule has 180 valence electrons. The molecular weight excluding hydrogens is 524 g/mol. The molecule has 0 saturated carbocycles. The number of amides is 1. The van der Waals surface area contributed by atoms with Gasteiger partial charge in [-0.3, -0.25) is 9.52 Å². The van der Waals surface area contributed by atoms with Crippen molar-refractivity contribution in [2.24, 2.45) is 0 Å². The first-order valence-corrected chi connectivity index (χ1v) is 12.5. The van der Waals surface area contributed by atoms with Gasteiger partial charge in [0.2, 0.25) is 5.82 Å². The normalized spacial score (nSPS) is 11.6. The van der Waals surface area contributed by atoms with Crippen LogP contribution in [0.4, 0.5) is 11.5 Å². The second kappa shape index (κ2) is 10.4. The summed E-state index contributed by atoms with van der Waals surface area (Å²) in [5.74, 6) is 0.274. The number of rotatable bonds is 8. The van der Waals surface area contributed by atoms with Crippen molar-refractivity contribution in [2.45, 2.75) is 31.1 Å². The molecule has 2 aromatic carbocycles. The van der Waals surface area contributed by atoms with Gasteiger partial charge in [0.05, 0.1) is 12.0 Å². The first kappa shape index (κ1) is 25.4. The molecule has 1 heterocycles. The van der Waals surface area contributed by atoms with Gasteiger partial charge in [-0.05, 0) is 47.9 Å². The molecule has 0 unspecified atom stereocenters. The lowest BCUT2D eigenvalue weighted by atomic mass is 9.86. The maximum absolute atomic E-state index is 12.7. The third kappa shape index (κ3) is 6.45. The number of nitrogens with one attached hydrogen (secondary N) is 2. The van der Waals surface area contributed by atoms with Crippen molar-refractivity contribution in [2.75, 3.05) is 23.8 Å². The molecule has 0 aliphatic carbocycles. The third-order valence-corrected chi connectivity index (χ3v) is 6.49. The minimum Gasteiger partial charge on any atom is -0.483 e. The number of ether oxygens (including phenoxy) is 2. The van der Waals surface area contributed by atoms with Gasteiger partial charge >= 0.3 is 0 Å². The van der Waals surface area contributed by atoms with E-state index in [4.69, 9.17) is 9.47 Å². The highest BCUT2D eigenvalue weighted by atomic mass is 79.9. The van der Waals surface area contributed by atoms with Gasteiger partial charge in [0.1, 0.15) is 5.75 Å². The van der Waals surface area contributed by atoms with Gasteiger partial charge in [-0.1, -0.05) is 36.7 Å². The summed E-state index contributed by atoms with van der Waals surface area (Å²) in [7, 11) is -2.57. The van der Waals surface area contributed by atoms with Crippen LogP contribution in [0.25, 0.3) is 0 Å². The maximum atomic E-state index is 12.7. The van der Waals surface area contributed by atoms with Crippen LogP contribution in [0.1, 0.15) is 26.3 Å². The Labute approximate surface area is 207 Å². The van der Waals surface area contributed by atoms with Gasteiger partial charge in [0.15, 0.2) is 6.61 Å². The predicted octanol–water partition coefficient (Wildman–Crippen LogP) is 4.36. The van der Waals surface area contributed by atoms with E-state index in [-0.39, 0.29) is 34.5 Å². The van der Waals surface area contributed by atoms with E-state index in [0.717, 1.165) is 10.0 Å². The zero-order valence-corrected chi connectivity index (χ0v) is 21.5. The van der Waals surface area contributed by atoms with Crippen LogP contribution in [0.2, 0.25) is 0 Å². The minimum atomic E-state index is -3.93. The van der Waals surface area contributed by atoms with E-state index >= 15 is 0 Å². The Morgan fingerprint density at radius 2 is 1.74 bits per heavy atom. The van der Waals surface area contributed by atoms with Crippen molar-refractivity contribution >= 4 is 43.4 Å². The molecule has 0 saturated heterocycles. The van der Waals surface area contributed by atoms with Gasteiger partial charge in [0, 0.05) is 28.1 Å². The molecule has 0 bridgehead atoms. The first-order valence-electron chi connectivity index (χ1n) is 10.2. The number of halogens is 1. The molecule has 1 amide bonds. The van der Waals surface area contributed by atoms with E-state index in [0.29, 0.717) is 11.4 Å². The summed E-state index contributed by atoms with van der Waals surface area (Å²) in [4.78, 5) is 20.2. The van der Waals surface area contributed by atoms with Crippen molar-refractivity contribution in [1.82, 2.24) is 9.97 Å². The van der Waals surface area contributed by atoms with E-state index in [1.807, 2.05) is 18.2 Å². The van der Waals surface area contributed by atoms with Crippen LogP contribution in [0, 0.1) is 0 Å². The summed E-state index contributed by atoms with van der Waals surface area (Å²) in [5.41, 5.74) is 1.23. The fourth-order valence-electron chi connectivity index (χ4n) is 3.00. The second-order valence-corrected chi connectivity index (χ2v) is 10.9. The van der Waals surface area contributed by atoms with Crippen LogP contribution in [0.5, 0.6) is 11.6 Å². The summed E-state index contributed by atoms with van der Waals surface area (Å²) in [6.07, 6.45) is 2.73. The molecule has 0 aliphatic rings. The lowest BCUT2D eigenvalue weighted by Gasteiger charge is -2.23. The Morgan fingerprint density at radius 1 is 1.06 bits per heavy atom. The Morgan fingerprint density at radius 3 is 2.38 bits per heavy atom. The van der Waals surface area contributed by atoms with Crippen LogP contribution in [-0.2, 0) is 20.2 Å². The monoisotopic (exact) mass is 548 g/mol. The van der Waals surface area contributed by atoms with Crippen LogP contribution >= 0.6 is 15.9 Å². The standard InChI is InChI=1S/C23H25BrN4O5S/c1-23(2,3)18-13-15(24)5-10-19(18)33-14-20(29)27-16-6-8-17(9-7-16)34(30,31)28-21-22(32-4)26-12-11-25-21/h5-13H,14H2,1-4H3,(H,25,28)(H,27,29). The number of aromatic nitrogens is 2. The van der Waals surface area contributed by atoms with E-state index < -0.39 is 10.0 Å². The zero-order valence-electron chi connectivity index (χ0n) is 19.1. The SMILES string of the molecule is COc1nccnc1NS(=O)(=O)c1ccc(NC(=O)COc2ccc(Br)cc2C(C)(C)C)cc1. The van der Waals surface area contributed by atoms with E-state index in [2.05, 4.69) is 56.7 Å². The third-order valence-electron chi connectivity index (χ3n) is 4.65. The molecule has 9 nitrogen and oxygen atoms in total. The van der Waals surface area contributed by atoms with Crippen molar-refractivity contribution in [3.05, 3.63) is 64.9 Å². The number of hydrogen-bond donors (Lipinski definition) is 2. The summed E-state index contributed by atoms with van der Waals surface area (Å²) in [6, 6.07) is 11.4. The Bertz CT molecular complexity index is 1280. The molecule has 3 rings (SSSR count). The second-order valence-electron chi connectivity index (χ2n) is 8.27. The van der Waals surface area contributed by atoms with Gasteiger partial charge < -0.3 is 14.8 Å². The highest BCUT2D eigenvalue weighted by Crippen LogP contribution is 2.33. The molecule has 0 fully saturated rings. The molecule has 0 spiro atoms. The highest BCUT2D eigenvalue weighted by molar-refractivity contribution is 9.10. The lowest BCUT2D eigenvalue weighted by molar-refractivity contribution is -0.118. The van der Waals surface area contributed by atoms with Crippen molar-refractivity contribution in [1.29, 1.82) is 0 Å². The van der Waals surface area contributed by atoms with Crippen LogP contribution in [0.15, 0.2) is 64.2 Å². The van der Waals surface area contributed by atoms with Crippen LogP contribution < -0.4 is 19.5 Å². The molecule has 0 atom stereocenters. The molecule has 34 heavy (non-hydrogen) atoms. The molecule has 11 heteroatoms. The summed E-state index contributed by atoms with van der Waals surface area (Å²) in [5, 5.41) is 2.70. The van der Waals surface area contributed by atoms with Gasteiger partial charge in [-0.15, -0.1) is 0 Å². The molecule has 2 N–H and O–H groups in total. The number of carbonyl (C=O) groups excluding carboxylic acids is 1. The van der Waals surface area contributed by atoms with Crippen molar-refractivity contribution < 1.29 is 22.7 Å². The molecule has 0 radical (unpaired) electrons. The average molecular weight is 549 g/mol. The fourth-order valence-corrected chi connectivity index (χ4v) is 4.37. The van der Waals surface area contributed by atoms with E-state index in [1.54, 1.807) is 0 Å². The Kier molecular flexibility index (Phi) is 7.78. The average Bonchev–Trinajstić information content (AvgIpc) is 2.78. The van der Waals surface area contributed by atoms with E-state index in [9.17, 15) is 13.2 Å². The fraction of sp³-hybridized carbons (Fsp3) is 0.261. The summed E-state index contributed by atoms with van der Waals surface area (Å²) >= 11 is 3.46. The van der Waals surface area contributed by atoms with Crippen LogP contribution in [0.3, 0.4) is 0 Å². The maximum Gasteiger partial charge on any atom is 0.263 e. The number of nitrogens with zero attached hydrogens (tertiary/aromatic N) is 2. The topological polar surface area (TPSA) is 120 Å². The largest absolute Gasteiger partial charge is 0.483 e.